The number of hydrogen-bond donors (Lipinski definition) is 1. The zero-order chi connectivity index (χ0) is 36.9. The molecule has 11 nitrogen and oxygen atoms in total. The Morgan fingerprint density at radius 1 is 0.660 bits per heavy atom. The maximum absolute atomic E-state index is 12.5. The van der Waals surface area contributed by atoms with E-state index in [1.165, 1.54) is 6.92 Å². The Morgan fingerprint density at radius 2 is 1.16 bits per heavy atom. The molecule has 0 aliphatic rings. The predicted octanol–water partition coefficient (Wildman–Crippen LogP) is 7.03. The number of alkyl carbamates (subject to hydrolysis) is 1. The number of amides is 1. The zero-order valence-electron chi connectivity index (χ0n) is 30.1. The van der Waals surface area contributed by atoms with Gasteiger partial charge in [0.2, 0.25) is 0 Å². The summed E-state index contributed by atoms with van der Waals surface area (Å²) in [4.78, 5) is 48.7. The lowest BCUT2D eigenvalue weighted by Crippen LogP contribution is -2.36. The summed E-state index contributed by atoms with van der Waals surface area (Å²) in [5.41, 5.74) is 1.65. The number of esters is 3. The first-order valence-corrected chi connectivity index (χ1v) is 16.9. The van der Waals surface area contributed by atoms with Crippen molar-refractivity contribution in [3.63, 3.8) is 0 Å². The van der Waals surface area contributed by atoms with E-state index in [4.69, 9.17) is 28.4 Å². The quantitative estimate of drug-likeness (QED) is 0.0592. The van der Waals surface area contributed by atoms with Crippen LogP contribution in [0.4, 0.5) is 4.79 Å². The van der Waals surface area contributed by atoms with Gasteiger partial charge >= 0.3 is 24.0 Å². The number of carbonyl (C=O) groups is 4. The molecule has 1 N–H and O–H groups in total. The third-order valence-corrected chi connectivity index (χ3v) is 7.23. The van der Waals surface area contributed by atoms with Crippen molar-refractivity contribution in [1.29, 1.82) is 0 Å². The van der Waals surface area contributed by atoms with Crippen LogP contribution in [0.3, 0.4) is 0 Å². The Morgan fingerprint density at radius 3 is 1.70 bits per heavy atom. The molecule has 2 aromatic carbocycles. The minimum Gasteiger partial charge on any atom is -0.490 e. The summed E-state index contributed by atoms with van der Waals surface area (Å²) >= 11 is 0. The summed E-state index contributed by atoms with van der Waals surface area (Å²) in [5.74, 6) is -0.338. The number of para-hydroxylation sites is 1. The molecule has 0 aromatic heterocycles. The minimum atomic E-state index is -0.831. The Bertz CT molecular complexity index is 1380. The molecule has 0 heterocycles. The van der Waals surface area contributed by atoms with E-state index >= 15 is 0 Å². The summed E-state index contributed by atoms with van der Waals surface area (Å²) < 4.78 is 32.9. The van der Waals surface area contributed by atoms with Crippen molar-refractivity contribution in [2.24, 2.45) is 0 Å². The number of carbonyl (C=O) groups excluding carboxylic acids is 4. The van der Waals surface area contributed by atoms with Crippen LogP contribution in [0.2, 0.25) is 0 Å². The first kappa shape index (κ1) is 41.4. The second-order valence-electron chi connectivity index (χ2n) is 13.1. The van der Waals surface area contributed by atoms with E-state index in [0.29, 0.717) is 30.9 Å². The molecule has 0 radical (unpaired) electrons. The fraction of sp³-hybridized carbons (Fsp3) is 0.487. The summed E-state index contributed by atoms with van der Waals surface area (Å²) in [5, 5.41) is 2.73. The normalized spacial score (nSPS) is 12.1. The standard InChI is InChI=1S/C39H53NO10/c1-28(2)36(42)47-26-33(24-45-31-16-12-11-13-17-31)49-35(41)18-14-9-8-10-15-23-40-38(44)50-34(27-48-37(43)29(3)4)25-46-32-21-19-30(20-22-32)39(5,6)7/h11-13,16-17,19-22,33-34H,1,3,8-10,14-15,18,23-27H2,2,4-7H3,(H,40,44). The monoisotopic (exact) mass is 695 g/mol. The number of ether oxygens (including phenoxy) is 6. The van der Waals surface area contributed by atoms with Crippen LogP contribution in [0.15, 0.2) is 78.9 Å². The third-order valence-electron chi connectivity index (χ3n) is 7.23. The highest BCUT2D eigenvalue weighted by Crippen LogP contribution is 2.24. The Kier molecular flexibility index (Phi) is 18.2. The van der Waals surface area contributed by atoms with Gasteiger partial charge in [0.25, 0.3) is 0 Å². The van der Waals surface area contributed by atoms with Gasteiger partial charge in [-0.15, -0.1) is 0 Å². The molecule has 2 aromatic rings. The molecule has 0 aliphatic carbocycles. The maximum Gasteiger partial charge on any atom is 0.407 e. The number of nitrogens with one attached hydrogen (secondary N) is 1. The maximum atomic E-state index is 12.5. The summed E-state index contributed by atoms with van der Waals surface area (Å²) in [6, 6.07) is 16.7. The van der Waals surface area contributed by atoms with Crippen molar-refractivity contribution in [3.05, 3.63) is 84.5 Å². The molecular formula is C39H53NO10. The second-order valence-corrected chi connectivity index (χ2v) is 13.1. The fourth-order valence-corrected chi connectivity index (χ4v) is 4.32. The lowest BCUT2D eigenvalue weighted by atomic mass is 9.87. The molecule has 0 fully saturated rings. The van der Waals surface area contributed by atoms with Crippen LogP contribution in [0, 0.1) is 0 Å². The molecule has 0 bridgehead atoms. The van der Waals surface area contributed by atoms with Crippen LogP contribution >= 0.6 is 0 Å². The molecule has 2 rings (SSSR count). The van der Waals surface area contributed by atoms with Crippen molar-refractivity contribution < 1.29 is 47.6 Å². The van der Waals surface area contributed by atoms with E-state index in [1.807, 2.05) is 42.5 Å². The number of unbranched alkanes of at least 4 members (excludes halogenated alkanes) is 4. The molecule has 2 atom stereocenters. The Labute approximate surface area is 296 Å². The topological polar surface area (TPSA) is 136 Å². The van der Waals surface area contributed by atoms with E-state index < -0.39 is 36.2 Å². The van der Waals surface area contributed by atoms with E-state index in [0.717, 1.165) is 24.8 Å². The average Bonchev–Trinajstić information content (AvgIpc) is 3.08. The van der Waals surface area contributed by atoms with Crippen LogP contribution in [0.25, 0.3) is 0 Å². The van der Waals surface area contributed by atoms with Gasteiger partial charge in [0.15, 0.2) is 12.2 Å². The SMILES string of the molecule is C=C(C)C(=O)OCC(COc1ccccc1)OC(=O)CCCCCCCNC(=O)OC(COC(=O)C(=C)C)COc1ccc(C(C)(C)C)cc1. The van der Waals surface area contributed by atoms with Gasteiger partial charge in [0.1, 0.15) is 37.9 Å². The largest absolute Gasteiger partial charge is 0.490 e. The Hall–Kier alpha value is -4.80. The van der Waals surface area contributed by atoms with Gasteiger partial charge in [-0.2, -0.15) is 0 Å². The average molecular weight is 696 g/mol. The summed E-state index contributed by atoms with van der Waals surface area (Å²) in [7, 11) is 0. The molecule has 1 amide bonds. The molecule has 274 valence electrons. The van der Waals surface area contributed by atoms with Gasteiger partial charge in [0.05, 0.1) is 0 Å². The molecule has 0 saturated carbocycles. The summed E-state index contributed by atoms with van der Waals surface area (Å²) in [6.07, 6.45) is 1.77. The van der Waals surface area contributed by atoms with Gasteiger partial charge in [-0.05, 0) is 61.9 Å². The van der Waals surface area contributed by atoms with Crippen molar-refractivity contribution in [2.75, 3.05) is 33.0 Å². The van der Waals surface area contributed by atoms with Crippen molar-refractivity contribution in [1.82, 2.24) is 5.32 Å². The van der Waals surface area contributed by atoms with Gasteiger partial charge in [-0.3, -0.25) is 4.79 Å². The number of hydrogen-bond acceptors (Lipinski definition) is 10. The molecular weight excluding hydrogens is 642 g/mol. The van der Waals surface area contributed by atoms with Crippen molar-refractivity contribution in [3.8, 4) is 11.5 Å². The molecule has 50 heavy (non-hydrogen) atoms. The van der Waals surface area contributed by atoms with E-state index in [-0.39, 0.29) is 49.4 Å². The zero-order valence-corrected chi connectivity index (χ0v) is 30.1. The molecule has 2 unspecified atom stereocenters. The first-order chi connectivity index (χ1) is 23.7. The predicted molar refractivity (Wildman–Crippen MR) is 190 cm³/mol. The van der Waals surface area contributed by atoms with Gasteiger partial charge < -0.3 is 33.7 Å². The van der Waals surface area contributed by atoms with Crippen molar-refractivity contribution >= 4 is 24.0 Å². The molecule has 0 saturated heterocycles. The Balaban J connectivity index is 1.69. The highest BCUT2D eigenvalue weighted by Gasteiger charge is 2.20. The number of rotatable bonds is 22. The van der Waals surface area contributed by atoms with Crippen LogP contribution in [0.1, 0.15) is 78.7 Å². The molecule has 0 spiro atoms. The van der Waals surface area contributed by atoms with Crippen molar-refractivity contribution in [2.45, 2.75) is 90.8 Å². The van der Waals surface area contributed by atoms with E-state index in [2.05, 4.69) is 39.2 Å². The smallest absolute Gasteiger partial charge is 0.407 e. The minimum absolute atomic E-state index is 0.00115. The first-order valence-electron chi connectivity index (χ1n) is 16.9. The van der Waals surface area contributed by atoms with E-state index in [1.54, 1.807) is 19.1 Å². The molecule has 11 heteroatoms. The lowest BCUT2D eigenvalue weighted by Gasteiger charge is -2.21. The lowest BCUT2D eigenvalue weighted by molar-refractivity contribution is -0.159. The highest BCUT2D eigenvalue weighted by molar-refractivity contribution is 5.87. The van der Waals surface area contributed by atoms with Gasteiger partial charge in [-0.1, -0.05) is 83.5 Å². The second kappa shape index (κ2) is 22.0. The van der Waals surface area contributed by atoms with Gasteiger partial charge in [-0.25, -0.2) is 14.4 Å². The highest BCUT2D eigenvalue weighted by atomic mass is 16.6. The summed E-state index contributed by atoms with van der Waals surface area (Å²) in [6.45, 7) is 16.7. The van der Waals surface area contributed by atoms with Crippen LogP contribution in [-0.2, 0) is 38.7 Å². The van der Waals surface area contributed by atoms with Crippen LogP contribution in [-0.4, -0.2) is 69.2 Å². The van der Waals surface area contributed by atoms with Gasteiger partial charge in [0, 0.05) is 24.1 Å². The van der Waals surface area contributed by atoms with Crippen LogP contribution < -0.4 is 14.8 Å². The fourth-order valence-electron chi connectivity index (χ4n) is 4.32. The number of benzene rings is 2. The van der Waals surface area contributed by atoms with Crippen LogP contribution in [0.5, 0.6) is 11.5 Å². The molecule has 0 aliphatic heterocycles. The van der Waals surface area contributed by atoms with E-state index in [9.17, 15) is 19.2 Å². The third kappa shape index (κ3) is 17.6.